The summed E-state index contributed by atoms with van der Waals surface area (Å²) in [5.41, 5.74) is -0.895. The predicted octanol–water partition coefficient (Wildman–Crippen LogP) is 0.865. The number of amides is 1. The number of anilines is 1. The molecule has 0 radical (unpaired) electrons. The van der Waals surface area contributed by atoms with Gasteiger partial charge in [0.2, 0.25) is 5.91 Å². The van der Waals surface area contributed by atoms with Crippen LogP contribution in [0, 0.1) is 5.82 Å². The lowest BCUT2D eigenvalue weighted by atomic mass is 10.3. The number of benzene rings is 1. The predicted molar refractivity (Wildman–Crippen MR) is 90.3 cm³/mol. The molecule has 3 aromatic rings. The van der Waals surface area contributed by atoms with Gasteiger partial charge in [0.1, 0.15) is 6.54 Å². The first-order valence-corrected chi connectivity index (χ1v) is 7.53. The molecular formula is C15H13ClFN5O3. The third kappa shape index (κ3) is 2.82. The van der Waals surface area contributed by atoms with Crippen LogP contribution in [0.1, 0.15) is 0 Å². The molecule has 1 amide bonds. The van der Waals surface area contributed by atoms with Crippen LogP contribution in [0.25, 0.3) is 11.2 Å². The Morgan fingerprint density at radius 2 is 2.00 bits per heavy atom. The zero-order valence-electron chi connectivity index (χ0n) is 13.3. The molecule has 0 spiro atoms. The summed E-state index contributed by atoms with van der Waals surface area (Å²) < 4.78 is 17.3. The van der Waals surface area contributed by atoms with Gasteiger partial charge in [-0.1, -0.05) is 17.7 Å². The lowest BCUT2D eigenvalue weighted by Crippen LogP contribution is -2.37. The molecule has 25 heavy (non-hydrogen) atoms. The second-order valence-electron chi connectivity index (χ2n) is 5.40. The third-order valence-electron chi connectivity index (χ3n) is 3.76. The maximum atomic E-state index is 13.9. The smallest absolute Gasteiger partial charge is 0.322 e. The normalized spacial score (nSPS) is 11.0. The summed E-state index contributed by atoms with van der Waals surface area (Å²) in [4.78, 5) is 40.4. The Hall–Kier alpha value is -2.94. The lowest BCUT2D eigenvalue weighted by Gasteiger charge is -2.09. The number of aromatic nitrogens is 4. The van der Waals surface area contributed by atoms with Crippen LogP contribution in [0.3, 0.4) is 0 Å². The lowest BCUT2D eigenvalue weighted by molar-refractivity contribution is -0.116. The van der Waals surface area contributed by atoms with Crippen molar-refractivity contribution in [1.29, 1.82) is 0 Å². The Morgan fingerprint density at radius 3 is 2.72 bits per heavy atom. The highest BCUT2D eigenvalue weighted by Crippen LogP contribution is 2.22. The van der Waals surface area contributed by atoms with Crippen LogP contribution in [0.5, 0.6) is 0 Å². The summed E-state index contributed by atoms with van der Waals surface area (Å²) in [7, 11) is 2.81. The minimum Gasteiger partial charge on any atom is -0.322 e. The average Bonchev–Trinajstić information content (AvgIpc) is 2.99. The molecule has 0 saturated carbocycles. The van der Waals surface area contributed by atoms with Crippen LogP contribution < -0.4 is 16.6 Å². The fourth-order valence-electron chi connectivity index (χ4n) is 2.46. The quantitative estimate of drug-likeness (QED) is 0.745. The number of hydrogen-bond donors (Lipinski definition) is 1. The van der Waals surface area contributed by atoms with Crippen LogP contribution in [0.4, 0.5) is 10.1 Å². The van der Waals surface area contributed by atoms with Gasteiger partial charge in [-0.2, -0.15) is 0 Å². The van der Waals surface area contributed by atoms with E-state index in [4.69, 9.17) is 11.6 Å². The zero-order chi connectivity index (χ0) is 18.3. The van der Waals surface area contributed by atoms with Gasteiger partial charge in [0, 0.05) is 14.1 Å². The molecule has 2 heterocycles. The number of aryl methyl sites for hydroxylation is 1. The van der Waals surface area contributed by atoms with E-state index < -0.39 is 23.0 Å². The largest absolute Gasteiger partial charge is 0.332 e. The molecule has 1 N–H and O–H groups in total. The second kappa shape index (κ2) is 6.17. The minimum absolute atomic E-state index is 0.0674. The van der Waals surface area contributed by atoms with E-state index in [9.17, 15) is 18.8 Å². The maximum Gasteiger partial charge on any atom is 0.332 e. The van der Waals surface area contributed by atoms with Crippen molar-refractivity contribution in [3.63, 3.8) is 0 Å². The number of carbonyl (C=O) groups excluding carboxylic acids is 1. The average molecular weight is 366 g/mol. The van der Waals surface area contributed by atoms with Gasteiger partial charge in [-0.05, 0) is 12.1 Å². The zero-order valence-corrected chi connectivity index (χ0v) is 14.0. The summed E-state index contributed by atoms with van der Waals surface area (Å²) in [6.07, 6.45) is 1.28. The molecule has 0 aliphatic carbocycles. The highest BCUT2D eigenvalue weighted by molar-refractivity contribution is 6.31. The van der Waals surface area contributed by atoms with Gasteiger partial charge in [0.05, 0.1) is 17.0 Å². The van der Waals surface area contributed by atoms with Crippen LogP contribution in [-0.4, -0.2) is 24.6 Å². The molecule has 0 fully saturated rings. The molecule has 0 aliphatic rings. The number of carbonyl (C=O) groups is 1. The monoisotopic (exact) mass is 365 g/mol. The van der Waals surface area contributed by atoms with Gasteiger partial charge in [-0.3, -0.25) is 18.7 Å². The van der Waals surface area contributed by atoms with E-state index in [0.717, 1.165) is 4.57 Å². The van der Waals surface area contributed by atoms with E-state index in [1.807, 2.05) is 0 Å². The van der Waals surface area contributed by atoms with E-state index in [1.54, 1.807) is 0 Å². The van der Waals surface area contributed by atoms with Crippen LogP contribution in [0.2, 0.25) is 5.02 Å². The number of rotatable bonds is 3. The van der Waals surface area contributed by atoms with Crippen molar-refractivity contribution >= 4 is 34.4 Å². The van der Waals surface area contributed by atoms with E-state index >= 15 is 0 Å². The molecular weight excluding hydrogens is 353 g/mol. The van der Waals surface area contributed by atoms with E-state index in [-0.39, 0.29) is 28.4 Å². The first kappa shape index (κ1) is 16.9. The van der Waals surface area contributed by atoms with Crippen molar-refractivity contribution in [1.82, 2.24) is 18.7 Å². The van der Waals surface area contributed by atoms with Crippen molar-refractivity contribution in [2.45, 2.75) is 6.54 Å². The molecule has 3 rings (SSSR count). The molecule has 1 aromatic carbocycles. The van der Waals surface area contributed by atoms with Gasteiger partial charge in [0.25, 0.3) is 5.56 Å². The van der Waals surface area contributed by atoms with Crippen LogP contribution in [0.15, 0.2) is 34.1 Å². The van der Waals surface area contributed by atoms with Gasteiger partial charge < -0.3 is 9.88 Å². The van der Waals surface area contributed by atoms with E-state index in [1.165, 1.54) is 47.8 Å². The maximum absolute atomic E-state index is 13.9. The van der Waals surface area contributed by atoms with Crippen molar-refractivity contribution in [2.75, 3.05) is 5.32 Å². The molecule has 2 aromatic heterocycles. The second-order valence-corrected chi connectivity index (χ2v) is 5.81. The fraction of sp³-hybridized carbons (Fsp3) is 0.200. The molecule has 8 nitrogen and oxygen atoms in total. The first-order chi connectivity index (χ1) is 11.8. The Balaban J connectivity index is 1.96. The van der Waals surface area contributed by atoms with Gasteiger partial charge in [0.15, 0.2) is 17.0 Å². The van der Waals surface area contributed by atoms with Crippen molar-refractivity contribution < 1.29 is 9.18 Å². The first-order valence-electron chi connectivity index (χ1n) is 7.16. The Labute approximate surface area is 145 Å². The van der Waals surface area contributed by atoms with Gasteiger partial charge in [-0.25, -0.2) is 14.2 Å². The van der Waals surface area contributed by atoms with Crippen LogP contribution >= 0.6 is 11.6 Å². The summed E-state index contributed by atoms with van der Waals surface area (Å²) in [6.45, 7) is -0.282. The highest BCUT2D eigenvalue weighted by Gasteiger charge is 2.17. The summed E-state index contributed by atoms with van der Waals surface area (Å²) in [5.74, 6) is -1.32. The number of hydrogen-bond acceptors (Lipinski definition) is 4. The van der Waals surface area contributed by atoms with Crippen LogP contribution in [-0.2, 0) is 25.4 Å². The van der Waals surface area contributed by atoms with Crippen molar-refractivity contribution in [2.24, 2.45) is 14.1 Å². The number of nitrogens with one attached hydrogen (secondary N) is 1. The summed E-state index contributed by atoms with van der Waals surface area (Å²) in [5, 5.41) is 2.27. The summed E-state index contributed by atoms with van der Waals surface area (Å²) >= 11 is 5.67. The SMILES string of the molecule is Cn1c(=O)c2c(ncn2CC(=O)Nc2cccc(Cl)c2F)n(C)c1=O. The third-order valence-corrected chi connectivity index (χ3v) is 4.05. The fourth-order valence-corrected chi connectivity index (χ4v) is 2.64. The van der Waals surface area contributed by atoms with E-state index in [2.05, 4.69) is 10.3 Å². The standard InChI is InChI=1S/C15H13ClFN5O3/c1-20-13-12(14(24)21(2)15(20)25)22(7-18-13)6-10(23)19-9-5-3-4-8(16)11(9)17/h3-5,7H,6H2,1-2H3,(H,19,23). The Morgan fingerprint density at radius 1 is 1.28 bits per heavy atom. The number of fused-ring (bicyclic) bond motifs is 1. The number of nitrogens with zero attached hydrogens (tertiary/aromatic N) is 4. The summed E-state index contributed by atoms with van der Waals surface area (Å²) in [6, 6.07) is 4.23. The molecule has 0 bridgehead atoms. The minimum atomic E-state index is -0.744. The Bertz CT molecular complexity index is 1110. The van der Waals surface area contributed by atoms with Crippen molar-refractivity contribution in [3.05, 3.63) is 56.2 Å². The van der Waals surface area contributed by atoms with Crippen molar-refractivity contribution in [3.8, 4) is 0 Å². The molecule has 0 aliphatic heterocycles. The molecule has 130 valence electrons. The number of halogens is 2. The Kier molecular flexibility index (Phi) is 4.17. The molecule has 0 atom stereocenters. The molecule has 0 unspecified atom stereocenters. The van der Waals surface area contributed by atoms with Gasteiger partial charge >= 0.3 is 5.69 Å². The molecule has 10 heteroatoms. The molecule has 0 saturated heterocycles. The topological polar surface area (TPSA) is 90.9 Å². The van der Waals surface area contributed by atoms with Gasteiger partial charge in [-0.15, -0.1) is 0 Å². The highest BCUT2D eigenvalue weighted by atomic mass is 35.5. The van der Waals surface area contributed by atoms with E-state index in [0.29, 0.717) is 0 Å². The number of imidazole rings is 1.